The Morgan fingerprint density at radius 3 is 2.12 bits per heavy atom. The fourth-order valence-corrected chi connectivity index (χ4v) is 4.88. The number of aliphatic hydroxyl groups excluding tert-OH is 1. The van der Waals surface area contributed by atoms with E-state index in [1.807, 2.05) is 4.08 Å². The molecule has 0 aliphatic rings. The van der Waals surface area contributed by atoms with Crippen LogP contribution in [0.5, 0.6) is 0 Å². The minimum Gasteiger partial charge on any atom is -0.413 e. The van der Waals surface area contributed by atoms with E-state index in [4.69, 9.17) is 4.43 Å². The van der Waals surface area contributed by atoms with Crippen molar-refractivity contribution in [1.29, 1.82) is 0 Å². The van der Waals surface area contributed by atoms with Gasteiger partial charge in [0.2, 0.25) is 0 Å². The largest absolute Gasteiger partial charge is 0.413 e. The van der Waals surface area contributed by atoms with Gasteiger partial charge in [-0.15, -0.1) is 0 Å². The first-order valence-electron chi connectivity index (χ1n) is 9.59. The van der Waals surface area contributed by atoms with Gasteiger partial charge < -0.3 is 9.53 Å². The number of allylic oxidation sites excluding steroid dienone is 2. The van der Waals surface area contributed by atoms with Crippen molar-refractivity contribution in [2.45, 2.75) is 92.2 Å². The fourth-order valence-electron chi connectivity index (χ4n) is 2.83. The lowest BCUT2D eigenvalue weighted by Crippen LogP contribution is -2.49. The van der Waals surface area contributed by atoms with Crippen LogP contribution in [-0.4, -0.2) is 25.6 Å². The summed E-state index contributed by atoms with van der Waals surface area (Å²) in [5.74, 6) is 0.647. The van der Waals surface area contributed by atoms with Gasteiger partial charge in [0.1, 0.15) is 0 Å². The molecule has 0 aromatic carbocycles. The molecule has 0 aliphatic carbocycles. The summed E-state index contributed by atoms with van der Waals surface area (Å²) in [5, 5.41) is 11.2. The van der Waals surface area contributed by atoms with Gasteiger partial charge in [0.15, 0.2) is 8.32 Å². The molecule has 0 aliphatic heterocycles. The lowest BCUT2D eigenvalue weighted by molar-refractivity contribution is -0.0141. The lowest BCUT2D eigenvalue weighted by Gasteiger charge is -2.44. The second kappa shape index (κ2) is 10.6. The van der Waals surface area contributed by atoms with Gasteiger partial charge in [-0.3, -0.25) is 0 Å². The summed E-state index contributed by atoms with van der Waals surface area (Å²) < 4.78 is 8.79. The molecule has 5 atom stereocenters. The first kappa shape index (κ1) is 25.3. The summed E-state index contributed by atoms with van der Waals surface area (Å²) >= 11 is 2.23. The van der Waals surface area contributed by atoms with E-state index in [0.717, 1.165) is 6.42 Å². The van der Waals surface area contributed by atoms with Crippen LogP contribution in [0.2, 0.25) is 18.1 Å². The second-order valence-corrected chi connectivity index (χ2v) is 14.6. The molecule has 0 fully saturated rings. The highest BCUT2D eigenvalue weighted by molar-refractivity contribution is 14.1. The van der Waals surface area contributed by atoms with Gasteiger partial charge in [-0.25, -0.2) is 0 Å². The number of aliphatic hydroxyl groups is 1. The summed E-state index contributed by atoms with van der Waals surface area (Å²) in [5.41, 5.74) is 1.19. The van der Waals surface area contributed by atoms with Crippen LogP contribution >= 0.6 is 22.6 Å². The number of hydrogen-bond acceptors (Lipinski definition) is 2. The maximum absolute atomic E-state index is 11.0. The van der Waals surface area contributed by atoms with Crippen molar-refractivity contribution in [3.63, 3.8) is 0 Å². The Bertz CT molecular complexity index is 451. The SMILES string of the molecule is CC[C@H](C)[C@@H](O[Si](C)(C)C(C)(C)C)[C@H](C)[C@H](O)[C@H](C)/C=C(C)/C=C/I. The molecule has 1 N–H and O–H groups in total. The molecular weight excluding hydrogens is 439 g/mol. The van der Waals surface area contributed by atoms with Crippen LogP contribution in [0.25, 0.3) is 0 Å². The molecule has 0 amide bonds. The van der Waals surface area contributed by atoms with E-state index in [1.165, 1.54) is 5.57 Å². The maximum Gasteiger partial charge on any atom is 0.192 e. The average Bonchev–Trinajstić information content (AvgIpc) is 2.49. The molecule has 0 heterocycles. The van der Waals surface area contributed by atoms with Crippen molar-refractivity contribution < 1.29 is 9.53 Å². The number of rotatable bonds is 9. The monoisotopic (exact) mass is 480 g/mol. The predicted molar refractivity (Wildman–Crippen MR) is 123 cm³/mol. The van der Waals surface area contributed by atoms with Crippen LogP contribution in [0.3, 0.4) is 0 Å². The normalized spacial score (nSPS) is 20.4. The summed E-state index contributed by atoms with van der Waals surface area (Å²) in [6, 6.07) is 0. The van der Waals surface area contributed by atoms with Crippen LogP contribution < -0.4 is 0 Å². The van der Waals surface area contributed by atoms with Gasteiger partial charge in [0, 0.05) is 11.8 Å². The maximum atomic E-state index is 11.0. The van der Waals surface area contributed by atoms with E-state index < -0.39 is 14.4 Å². The molecular formula is C21H41IO2Si. The third-order valence-electron chi connectivity index (χ3n) is 5.89. The molecule has 0 radical (unpaired) electrons. The zero-order valence-electron chi connectivity index (χ0n) is 18.1. The third kappa shape index (κ3) is 7.85. The summed E-state index contributed by atoms with van der Waals surface area (Å²) in [4.78, 5) is 0. The summed E-state index contributed by atoms with van der Waals surface area (Å²) in [6.07, 6.45) is 5.00. The van der Waals surface area contributed by atoms with E-state index in [9.17, 15) is 5.11 Å². The highest BCUT2D eigenvalue weighted by Crippen LogP contribution is 2.40. The molecule has 0 aromatic heterocycles. The Hall–Kier alpha value is 0.347. The van der Waals surface area contributed by atoms with Crippen molar-refractivity contribution in [2.75, 3.05) is 0 Å². The quantitative estimate of drug-likeness (QED) is 0.220. The zero-order valence-corrected chi connectivity index (χ0v) is 21.2. The predicted octanol–water partition coefficient (Wildman–Crippen LogP) is 6.95. The molecule has 0 aromatic rings. The molecule has 4 heteroatoms. The smallest absolute Gasteiger partial charge is 0.192 e. The molecule has 0 spiro atoms. The molecule has 148 valence electrons. The van der Waals surface area contributed by atoms with E-state index in [2.05, 4.69) is 103 Å². The number of hydrogen-bond donors (Lipinski definition) is 1. The fraction of sp³-hybridized carbons (Fsp3) is 0.810. The molecule has 0 bridgehead atoms. The van der Waals surface area contributed by atoms with E-state index >= 15 is 0 Å². The second-order valence-electron chi connectivity index (χ2n) is 9.14. The Labute approximate surface area is 171 Å². The molecule has 0 unspecified atom stereocenters. The molecule has 0 saturated heterocycles. The highest BCUT2D eigenvalue weighted by atomic mass is 127. The Balaban J connectivity index is 5.43. The van der Waals surface area contributed by atoms with Crippen molar-refractivity contribution in [2.24, 2.45) is 17.8 Å². The Kier molecular flexibility index (Phi) is 10.8. The van der Waals surface area contributed by atoms with E-state index in [0.29, 0.717) is 5.92 Å². The van der Waals surface area contributed by atoms with Crippen LogP contribution in [0, 0.1) is 17.8 Å². The van der Waals surface area contributed by atoms with Gasteiger partial charge in [-0.05, 0) is 35.1 Å². The number of halogens is 1. The third-order valence-corrected chi connectivity index (χ3v) is 10.7. The van der Waals surface area contributed by atoms with Crippen LogP contribution in [0.1, 0.15) is 61.8 Å². The summed E-state index contributed by atoms with van der Waals surface area (Å²) in [6.45, 7) is 22.3. The first-order chi connectivity index (χ1) is 11.3. The van der Waals surface area contributed by atoms with Crippen molar-refractivity contribution in [3.05, 3.63) is 21.8 Å². The van der Waals surface area contributed by atoms with Crippen molar-refractivity contribution in [3.8, 4) is 0 Å². The summed E-state index contributed by atoms with van der Waals surface area (Å²) in [7, 11) is -1.87. The van der Waals surface area contributed by atoms with Crippen LogP contribution in [-0.2, 0) is 4.43 Å². The highest BCUT2D eigenvalue weighted by Gasteiger charge is 2.42. The Morgan fingerprint density at radius 2 is 1.72 bits per heavy atom. The van der Waals surface area contributed by atoms with Crippen molar-refractivity contribution >= 4 is 30.9 Å². The van der Waals surface area contributed by atoms with E-state index in [1.54, 1.807) is 0 Å². The van der Waals surface area contributed by atoms with Gasteiger partial charge in [0.05, 0.1) is 12.2 Å². The van der Waals surface area contributed by atoms with Gasteiger partial charge in [0.25, 0.3) is 0 Å². The topological polar surface area (TPSA) is 29.5 Å². The van der Waals surface area contributed by atoms with Gasteiger partial charge in [-0.2, -0.15) is 0 Å². The average molecular weight is 481 g/mol. The van der Waals surface area contributed by atoms with Crippen LogP contribution in [0.15, 0.2) is 21.8 Å². The Morgan fingerprint density at radius 1 is 1.20 bits per heavy atom. The van der Waals surface area contributed by atoms with Gasteiger partial charge in [-0.1, -0.05) is 95.2 Å². The molecule has 0 saturated carbocycles. The first-order valence-corrected chi connectivity index (χ1v) is 13.7. The zero-order chi connectivity index (χ0) is 20.0. The molecule has 0 rings (SSSR count). The minimum atomic E-state index is -1.87. The minimum absolute atomic E-state index is 0.0946. The molecule has 2 nitrogen and oxygen atoms in total. The van der Waals surface area contributed by atoms with Gasteiger partial charge >= 0.3 is 0 Å². The lowest BCUT2D eigenvalue weighted by atomic mass is 9.83. The van der Waals surface area contributed by atoms with E-state index in [-0.39, 0.29) is 23.0 Å². The standard InChI is InChI=1S/C21H41IO2Si/c1-11-16(3)20(24-25(9,10)21(6,7)8)18(5)19(23)17(4)14-15(2)12-13-22/h12-14,16-20,23H,11H2,1-10H3/b13-12+,15-14+/t16-,17+,18+,19+,20+/m0/s1. The molecule has 25 heavy (non-hydrogen) atoms. The van der Waals surface area contributed by atoms with Crippen molar-refractivity contribution in [1.82, 2.24) is 0 Å². The van der Waals surface area contributed by atoms with Crippen LogP contribution in [0.4, 0.5) is 0 Å².